The smallest absolute Gasteiger partial charge is 0.430 e. The van der Waals surface area contributed by atoms with Crippen LogP contribution in [0.4, 0.5) is 18.0 Å². The van der Waals surface area contributed by atoms with E-state index in [0.29, 0.717) is 17.7 Å². The lowest BCUT2D eigenvalue weighted by molar-refractivity contribution is -0.137. The van der Waals surface area contributed by atoms with Gasteiger partial charge in [0.15, 0.2) is 5.60 Å². The molecule has 2 aromatic carbocycles. The monoisotopic (exact) mass is 401 g/mol. The molecule has 0 amide bonds. The van der Waals surface area contributed by atoms with Gasteiger partial charge < -0.3 is 9.47 Å². The van der Waals surface area contributed by atoms with Crippen LogP contribution in [0.25, 0.3) is 0 Å². The Morgan fingerprint density at radius 3 is 2.19 bits per heavy atom. The summed E-state index contributed by atoms with van der Waals surface area (Å²) in [6, 6.07) is 11.5. The number of benzene rings is 2. The number of nitrogens with one attached hydrogen (secondary N) is 1. The highest BCUT2D eigenvalue weighted by Crippen LogP contribution is 2.32. The summed E-state index contributed by atoms with van der Waals surface area (Å²) in [6.07, 6.45) is -5.50. The van der Waals surface area contributed by atoms with Gasteiger partial charge in [-0.3, -0.25) is 0 Å². The fraction of sp³-hybridized carbons (Fsp3) is 0.235. The molecule has 1 heterocycles. The predicted molar refractivity (Wildman–Crippen MR) is 87.2 cm³/mol. The van der Waals surface area contributed by atoms with Crippen molar-refractivity contribution >= 4 is 16.2 Å². The number of ether oxygens (including phenoxy) is 2. The normalized spacial score (nSPS) is 20.2. The third-order valence-corrected chi connectivity index (χ3v) is 5.46. The zero-order valence-corrected chi connectivity index (χ0v) is 14.5. The summed E-state index contributed by atoms with van der Waals surface area (Å²) >= 11 is 0. The molecule has 0 bridgehead atoms. The molecule has 0 spiro atoms. The van der Waals surface area contributed by atoms with Crippen LogP contribution in [0, 0.1) is 0 Å². The van der Waals surface area contributed by atoms with Gasteiger partial charge in [-0.25, -0.2) is 17.9 Å². The molecule has 1 aliphatic heterocycles. The van der Waals surface area contributed by atoms with Gasteiger partial charge in [0.2, 0.25) is 10.0 Å². The van der Waals surface area contributed by atoms with E-state index in [4.69, 9.17) is 9.47 Å². The summed E-state index contributed by atoms with van der Waals surface area (Å²) in [7, 11) is -4.14. The number of hydrogen-bond donors (Lipinski definition) is 1. The molecule has 144 valence electrons. The molecule has 3 rings (SSSR count). The van der Waals surface area contributed by atoms with E-state index in [1.807, 2.05) is 0 Å². The maximum absolute atomic E-state index is 12.6. The molecular weight excluding hydrogens is 387 g/mol. The van der Waals surface area contributed by atoms with Gasteiger partial charge in [-0.2, -0.15) is 13.2 Å². The van der Waals surface area contributed by atoms with E-state index in [1.165, 1.54) is 0 Å². The van der Waals surface area contributed by atoms with Gasteiger partial charge in [-0.15, -0.1) is 0 Å². The van der Waals surface area contributed by atoms with Crippen molar-refractivity contribution in [3.05, 3.63) is 65.7 Å². The van der Waals surface area contributed by atoms with Crippen molar-refractivity contribution in [1.82, 2.24) is 4.72 Å². The fourth-order valence-corrected chi connectivity index (χ4v) is 3.67. The molecule has 27 heavy (non-hydrogen) atoms. The molecule has 2 aromatic rings. The van der Waals surface area contributed by atoms with E-state index in [1.54, 1.807) is 30.3 Å². The first-order chi connectivity index (χ1) is 12.6. The second-order valence-corrected chi connectivity index (χ2v) is 7.61. The number of sulfonamides is 1. The van der Waals surface area contributed by atoms with E-state index in [-0.39, 0.29) is 18.0 Å². The average Bonchev–Trinajstić information content (AvgIpc) is 3.03. The van der Waals surface area contributed by atoms with Gasteiger partial charge in [0.25, 0.3) is 0 Å². The van der Waals surface area contributed by atoms with Crippen molar-refractivity contribution in [2.75, 3.05) is 13.2 Å². The molecule has 6 nitrogen and oxygen atoms in total. The molecule has 10 heteroatoms. The number of carbonyl (C=O) groups excluding carboxylic acids is 1. The van der Waals surface area contributed by atoms with Crippen molar-refractivity contribution in [2.24, 2.45) is 0 Å². The molecule has 0 radical (unpaired) electrons. The van der Waals surface area contributed by atoms with Crippen LogP contribution in [0.15, 0.2) is 59.5 Å². The van der Waals surface area contributed by atoms with Crippen molar-refractivity contribution in [2.45, 2.75) is 16.7 Å². The fourth-order valence-electron chi connectivity index (χ4n) is 2.59. The minimum Gasteiger partial charge on any atom is -0.430 e. The Hall–Kier alpha value is -2.59. The highest BCUT2D eigenvalue weighted by molar-refractivity contribution is 7.89. The Morgan fingerprint density at radius 1 is 1.04 bits per heavy atom. The first kappa shape index (κ1) is 19.2. The van der Waals surface area contributed by atoms with E-state index in [0.717, 1.165) is 12.1 Å². The standard InChI is InChI=1S/C17H14F3NO5S/c18-17(19,20)13-6-8-14(9-7-13)27(23,24)21-10-16(11-25-15(22)26-16)12-4-2-1-3-5-12/h1-9,21H,10-11H2. The van der Waals surface area contributed by atoms with Gasteiger partial charge in [-0.05, 0) is 24.3 Å². The Kier molecular flexibility index (Phi) is 4.87. The number of carbonyl (C=O) groups is 1. The zero-order chi connectivity index (χ0) is 19.7. The molecule has 1 aliphatic rings. The van der Waals surface area contributed by atoms with Gasteiger partial charge in [0, 0.05) is 5.56 Å². The molecule has 1 saturated heterocycles. The molecular formula is C17H14F3NO5S. The second-order valence-electron chi connectivity index (χ2n) is 5.85. The van der Waals surface area contributed by atoms with Crippen molar-refractivity contribution in [3.8, 4) is 0 Å². The third kappa shape index (κ3) is 4.06. The first-order valence-corrected chi connectivity index (χ1v) is 9.19. The lowest BCUT2D eigenvalue weighted by Gasteiger charge is -2.25. The maximum Gasteiger partial charge on any atom is 0.509 e. The van der Waals surface area contributed by atoms with Crippen LogP contribution in [0.3, 0.4) is 0 Å². The lowest BCUT2D eigenvalue weighted by Crippen LogP contribution is -2.42. The summed E-state index contributed by atoms with van der Waals surface area (Å²) in [5.74, 6) is 0. The van der Waals surface area contributed by atoms with E-state index in [2.05, 4.69) is 4.72 Å². The largest absolute Gasteiger partial charge is 0.509 e. The second kappa shape index (κ2) is 6.86. The quantitative estimate of drug-likeness (QED) is 0.779. The van der Waals surface area contributed by atoms with Gasteiger partial charge in [-0.1, -0.05) is 30.3 Å². The Labute approximate surface area is 153 Å². The number of hydrogen-bond acceptors (Lipinski definition) is 5. The number of rotatable bonds is 5. The van der Waals surface area contributed by atoms with E-state index in [9.17, 15) is 26.4 Å². The van der Waals surface area contributed by atoms with Crippen LogP contribution < -0.4 is 4.72 Å². The molecule has 1 fully saturated rings. The van der Waals surface area contributed by atoms with Gasteiger partial charge >= 0.3 is 12.3 Å². The topological polar surface area (TPSA) is 81.7 Å². The summed E-state index contributed by atoms with van der Waals surface area (Å²) < 4.78 is 75.0. The van der Waals surface area contributed by atoms with E-state index >= 15 is 0 Å². The summed E-state index contributed by atoms with van der Waals surface area (Å²) in [5.41, 5.74) is -1.80. The zero-order valence-electron chi connectivity index (χ0n) is 13.7. The Morgan fingerprint density at radius 2 is 1.67 bits per heavy atom. The van der Waals surface area contributed by atoms with Crippen LogP contribution in [0.2, 0.25) is 0 Å². The molecule has 1 N–H and O–H groups in total. The average molecular weight is 401 g/mol. The molecule has 0 saturated carbocycles. The molecule has 1 unspecified atom stereocenters. The SMILES string of the molecule is O=C1OCC(CNS(=O)(=O)c2ccc(C(F)(F)F)cc2)(c2ccccc2)O1. The molecule has 0 aliphatic carbocycles. The highest BCUT2D eigenvalue weighted by Gasteiger charge is 2.45. The summed E-state index contributed by atoms with van der Waals surface area (Å²) in [4.78, 5) is 11.1. The first-order valence-electron chi connectivity index (χ1n) is 7.71. The van der Waals surface area contributed by atoms with Gasteiger partial charge in [0.05, 0.1) is 17.0 Å². The van der Waals surface area contributed by atoms with Crippen molar-refractivity contribution in [3.63, 3.8) is 0 Å². The van der Waals surface area contributed by atoms with Crippen LogP contribution >= 0.6 is 0 Å². The minimum atomic E-state index is -4.57. The van der Waals surface area contributed by atoms with Crippen LogP contribution in [-0.4, -0.2) is 27.7 Å². The number of alkyl halides is 3. The summed E-state index contributed by atoms with van der Waals surface area (Å²) in [6.45, 7) is -0.544. The molecule has 1 atom stereocenters. The van der Waals surface area contributed by atoms with Gasteiger partial charge in [0.1, 0.15) is 6.61 Å². The Balaban J connectivity index is 1.82. The number of halogens is 3. The summed E-state index contributed by atoms with van der Waals surface area (Å²) in [5, 5.41) is 0. The minimum absolute atomic E-state index is 0.203. The van der Waals surface area contributed by atoms with Crippen LogP contribution in [-0.2, 0) is 31.3 Å². The maximum atomic E-state index is 12.6. The van der Waals surface area contributed by atoms with Crippen LogP contribution in [0.1, 0.15) is 11.1 Å². The lowest BCUT2D eigenvalue weighted by atomic mass is 9.95. The van der Waals surface area contributed by atoms with E-state index < -0.39 is 33.5 Å². The van der Waals surface area contributed by atoms with Crippen molar-refractivity contribution < 1.29 is 35.9 Å². The predicted octanol–water partition coefficient (Wildman–Crippen LogP) is 3.05. The molecule has 0 aromatic heterocycles. The van der Waals surface area contributed by atoms with Crippen molar-refractivity contribution in [1.29, 1.82) is 0 Å². The highest BCUT2D eigenvalue weighted by atomic mass is 32.2. The third-order valence-electron chi connectivity index (χ3n) is 4.04. The van der Waals surface area contributed by atoms with Crippen LogP contribution in [0.5, 0.6) is 0 Å². The number of cyclic esters (lactones) is 2. The Bertz CT molecular complexity index is 929.